The van der Waals surface area contributed by atoms with Gasteiger partial charge in [0.15, 0.2) is 5.78 Å². The fourth-order valence-corrected chi connectivity index (χ4v) is 2.41. The Hall–Kier alpha value is -3.60. The lowest BCUT2D eigenvalue weighted by atomic mass is 10.0. The van der Waals surface area contributed by atoms with Crippen molar-refractivity contribution >= 4 is 17.5 Å². The maximum Gasteiger partial charge on any atom is 0.270 e. The van der Waals surface area contributed by atoms with Crippen LogP contribution in [0.5, 0.6) is 0 Å². The molecule has 0 fully saturated rings. The monoisotopic (exact) mass is 330 g/mol. The van der Waals surface area contributed by atoms with Gasteiger partial charge in [-0.3, -0.25) is 19.9 Å². The molecule has 0 spiro atoms. The van der Waals surface area contributed by atoms with Gasteiger partial charge in [0.25, 0.3) is 5.69 Å². The molecule has 5 heteroatoms. The van der Waals surface area contributed by atoms with Gasteiger partial charge >= 0.3 is 0 Å². The van der Waals surface area contributed by atoms with Crippen molar-refractivity contribution in [2.75, 3.05) is 0 Å². The van der Waals surface area contributed by atoms with E-state index >= 15 is 0 Å². The van der Waals surface area contributed by atoms with Crippen LogP contribution < -0.4 is 0 Å². The Morgan fingerprint density at radius 1 is 0.960 bits per heavy atom. The lowest BCUT2D eigenvalue weighted by Crippen LogP contribution is -1.94. The van der Waals surface area contributed by atoms with Crippen molar-refractivity contribution in [1.82, 2.24) is 4.98 Å². The number of nitrogens with zero attached hydrogens (tertiary/aromatic N) is 2. The van der Waals surface area contributed by atoms with Crippen molar-refractivity contribution in [2.45, 2.75) is 0 Å². The Labute approximate surface area is 144 Å². The minimum atomic E-state index is -0.461. The van der Waals surface area contributed by atoms with Gasteiger partial charge in [0, 0.05) is 30.1 Å². The molecule has 122 valence electrons. The van der Waals surface area contributed by atoms with Crippen LogP contribution >= 0.6 is 0 Å². The highest BCUT2D eigenvalue weighted by Crippen LogP contribution is 2.20. The molecule has 0 bridgehead atoms. The second kappa shape index (κ2) is 7.31. The standard InChI is InChI=1S/C20H14N2O3/c23-20(8-7-15-3-1-6-19(13-15)22(24)25)18-5-2-4-17(14-18)16-9-11-21-12-10-16/h1-14H/b8-7+. The summed E-state index contributed by atoms with van der Waals surface area (Å²) in [6.45, 7) is 0. The highest BCUT2D eigenvalue weighted by atomic mass is 16.6. The van der Waals surface area contributed by atoms with Crippen LogP contribution in [0.3, 0.4) is 0 Å². The number of hydrogen-bond acceptors (Lipinski definition) is 4. The van der Waals surface area contributed by atoms with Gasteiger partial charge in [0.2, 0.25) is 0 Å². The molecular weight excluding hydrogens is 316 g/mol. The maximum absolute atomic E-state index is 12.4. The summed E-state index contributed by atoms with van der Waals surface area (Å²) in [7, 11) is 0. The summed E-state index contributed by atoms with van der Waals surface area (Å²) in [5.41, 5.74) is 3.06. The third-order valence-electron chi connectivity index (χ3n) is 3.67. The van der Waals surface area contributed by atoms with E-state index in [4.69, 9.17) is 0 Å². The van der Waals surface area contributed by atoms with E-state index < -0.39 is 4.92 Å². The molecule has 1 aromatic heterocycles. The minimum absolute atomic E-state index is 0.00529. The summed E-state index contributed by atoms with van der Waals surface area (Å²) in [5.74, 6) is -0.164. The number of non-ortho nitro benzene ring substituents is 1. The summed E-state index contributed by atoms with van der Waals surface area (Å²) in [5, 5.41) is 10.8. The first-order chi connectivity index (χ1) is 12.1. The van der Waals surface area contributed by atoms with Crippen LogP contribution in [0.15, 0.2) is 79.1 Å². The summed E-state index contributed by atoms with van der Waals surface area (Å²) in [6, 6.07) is 17.2. The number of nitro groups is 1. The van der Waals surface area contributed by atoms with Gasteiger partial charge in [-0.15, -0.1) is 0 Å². The number of hydrogen-bond donors (Lipinski definition) is 0. The van der Waals surface area contributed by atoms with Crippen LogP contribution in [0.25, 0.3) is 17.2 Å². The Kier molecular flexibility index (Phi) is 4.76. The number of carbonyl (C=O) groups excluding carboxylic acids is 1. The quantitative estimate of drug-likeness (QED) is 0.298. The van der Waals surface area contributed by atoms with Crippen molar-refractivity contribution in [1.29, 1.82) is 0 Å². The Bertz CT molecular complexity index is 950. The number of rotatable bonds is 5. The van der Waals surface area contributed by atoms with E-state index in [0.29, 0.717) is 11.1 Å². The molecule has 0 radical (unpaired) electrons. The molecule has 5 nitrogen and oxygen atoms in total. The zero-order valence-corrected chi connectivity index (χ0v) is 13.2. The van der Waals surface area contributed by atoms with E-state index in [1.54, 1.807) is 36.7 Å². The summed E-state index contributed by atoms with van der Waals surface area (Å²) in [4.78, 5) is 26.7. The van der Waals surface area contributed by atoms with Crippen LogP contribution in [0, 0.1) is 10.1 Å². The van der Waals surface area contributed by atoms with Crippen LogP contribution in [0.1, 0.15) is 15.9 Å². The van der Waals surface area contributed by atoms with Crippen LogP contribution in [0.2, 0.25) is 0 Å². The number of benzene rings is 2. The largest absolute Gasteiger partial charge is 0.289 e. The normalized spacial score (nSPS) is 10.7. The van der Waals surface area contributed by atoms with Crippen molar-refractivity contribution in [2.24, 2.45) is 0 Å². The second-order valence-electron chi connectivity index (χ2n) is 5.37. The van der Waals surface area contributed by atoms with Crippen LogP contribution in [-0.4, -0.2) is 15.7 Å². The maximum atomic E-state index is 12.4. The SMILES string of the molecule is O=C(/C=C/c1cccc([N+](=O)[O-])c1)c1cccc(-c2ccncc2)c1. The average molecular weight is 330 g/mol. The fraction of sp³-hybridized carbons (Fsp3) is 0. The van der Waals surface area contributed by atoms with Gasteiger partial charge in [0.05, 0.1) is 4.92 Å². The number of carbonyl (C=O) groups is 1. The van der Waals surface area contributed by atoms with Gasteiger partial charge < -0.3 is 0 Å². The first-order valence-corrected chi connectivity index (χ1v) is 7.61. The molecule has 25 heavy (non-hydrogen) atoms. The highest BCUT2D eigenvalue weighted by Gasteiger charge is 2.06. The van der Waals surface area contributed by atoms with Gasteiger partial charge in [-0.25, -0.2) is 0 Å². The molecule has 3 aromatic rings. The molecular formula is C20H14N2O3. The van der Waals surface area contributed by atoms with Crippen molar-refractivity contribution in [3.63, 3.8) is 0 Å². The Balaban J connectivity index is 1.82. The lowest BCUT2D eigenvalue weighted by molar-refractivity contribution is -0.384. The van der Waals surface area contributed by atoms with E-state index in [9.17, 15) is 14.9 Å². The van der Waals surface area contributed by atoms with E-state index in [2.05, 4.69) is 4.98 Å². The second-order valence-corrected chi connectivity index (χ2v) is 5.37. The highest BCUT2D eigenvalue weighted by molar-refractivity contribution is 6.07. The van der Waals surface area contributed by atoms with Gasteiger partial charge in [-0.2, -0.15) is 0 Å². The molecule has 0 aliphatic rings. The average Bonchev–Trinajstić information content (AvgIpc) is 2.67. The summed E-state index contributed by atoms with van der Waals surface area (Å²) < 4.78 is 0. The predicted molar refractivity (Wildman–Crippen MR) is 96.1 cm³/mol. The molecule has 0 unspecified atom stereocenters. The van der Waals surface area contributed by atoms with E-state index in [0.717, 1.165) is 11.1 Å². The predicted octanol–water partition coefficient (Wildman–Crippen LogP) is 4.55. The van der Waals surface area contributed by atoms with Crippen molar-refractivity contribution < 1.29 is 9.72 Å². The van der Waals surface area contributed by atoms with Crippen LogP contribution in [0.4, 0.5) is 5.69 Å². The lowest BCUT2D eigenvalue weighted by Gasteiger charge is -2.03. The van der Waals surface area contributed by atoms with Crippen molar-refractivity contribution in [3.8, 4) is 11.1 Å². The van der Waals surface area contributed by atoms with E-state index in [1.165, 1.54) is 18.2 Å². The van der Waals surface area contributed by atoms with E-state index in [-0.39, 0.29) is 11.5 Å². The van der Waals surface area contributed by atoms with Gasteiger partial charge in [-0.05, 0) is 41.0 Å². The third-order valence-corrected chi connectivity index (χ3v) is 3.67. The molecule has 0 aliphatic heterocycles. The molecule has 0 amide bonds. The molecule has 3 rings (SSSR count). The van der Waals surface area contributed by atoms with Crippen molar-refractivity contribution in [3.05, 3.63) is 100 Å². The molecule has 0 aliphatic carbocycles. The topological polar surface area (TPSA) is 73.1 Å². The summed E-state index contributed by atoms with van der Waals surface area (Å²) >= 11 is 0. The van der Waals surface area contributed by atoms with Crippen LogP contribution in [-0.2, 0) is 0 Å². The number of aromatic nitrogens is 1. The molecule has 0 saturated carbocycles. The molecule has 2 aromatic carbocycles. The smallest absolute Gasteiger partial charge is 0.270 e. The first kappa shape index (κ1) is 16.3. The minimum Gasteiger partial charge on any atom is -0.289 e. The Morgan fingerprint density at radius 3 is 2.48 bits per heavy atom. The summed E-state index contributed by atoms with van der Waals surface area (Å²) in [6.07, 6.45) is 6.40. The first-order valence-electron chi connectivity index (χ1n) is 7.61. The zero-order chi connectivity index (χ0) is 17.6. The number of allylic oxidation sites excluding steroid dienone is 1. The number of ketones is 1. The molecule has 0 saturated heterocycles. The zero-order valence-electron chi connectivity index (χ0n) is 13.2. The molecule has 0 atom stereocenters. The Morgan fingerprint density at radius 2 is 1.72 bits per heavy atom. The number of nitro benzene ring substituents is 1. The molecule has 1 heterocycles. The number of pyridine rings is 1. The molecule has 0 N–H and O–H groups in total. The van der Waals surface area contributed by atoms with Gasteiger partial charge in [0.1, 0.15) is 0 Å². The van der Waals surface area contributed by atoms with Gasteiger partial charge in [-0.1, -0.05) is 36.4 Å². The van der Waals surface area contributed by atoms with E-state index in [1.807, 2.05) is 30.3 Å². The fourth-order valence-electron chi connectivity index (χ4n) is 2.41. The third kappa shape index (κ3) is 4.03.